The van der Waals surface area contributed by atoms with Gasteiger partial charge in [-0.3, -0.25) is 29.4 Å². The third kappa shape index (κ3) is 2.74. The molecule has 2 N–H and O–H groups in total. The van der Waals surface area contributed by atoms with E-state index in [0.29, 0.717) is 5.69 Å². The molecule has 1 atom stereocenters. The smallest absolute Gasteiger partial charge is 0.264 e. The van der Waals surface area contributed by atoms with Gasteiger partial charge in [0.15, 0.2) is 0 Å². The van der Waals surface area contributed by atoms with Gasteiger partial charge in [-0.2, -0.15) is 13.5 Å². The van der Waals surface area contributed by atoms with E-state index in [1.54, 1.807) is 12.1 Å². The van der Waals surface area contributed by atoms with E-state index in [2.05, 4.69) is 16.6 Å². The highest BCUT2D eigenvalue weighted by Gasteiger charge is 2.45. The summed E-state index contributed by atoms with van der Waals surface area (Å²) in [6, 6.07) is 3.84. The third-order valence-corrected chi connectivity index (χ3v) is 3.85. The lowest BCUT2D eigenvalue weighted by atomic mass is 10.0. The maximum atomic E-state index is 12.7. The number of anilines is 1. The predicted molar refractivity (Wildman–Crippen MR) is 90.8 cm³/mol. The van der Waals surface area contributed by atoms with E-state index < -0.39 is 29.7 Å². The Morgan fingerprint density at radius 2 is 2.00 bits per heavy atom. The summed E-state index contributed by atoms with van der Waals surface area (Å²) in [7, 11) is 0. The number of rotatable bonds is 3. The molecule has 0 spiro atoms. The summed E-state index contributed by atoms with van der Waals surface area (Å²) in [6.45, 7) is 0.205. The molecular weight excluding hydrogens is 330 g/mol. The molecule has 0 radical (unpaired) electrons. The molecule has 0 aromatic heterocycles. The van der Waals surface area contributed by atoms with Gasteiger partial charge in [0, 0.05) is 12.1 Å². The summed E-state index contributed by atoms with van der Waals surface area (Å²) in [6.07, 6.45) is 5.42. The fraction of sp³-hybridized carbons (Fsp3) is 0.250. The van der Waals surface area contributed by atoms with E-state index >= 15 is 0 Å². The summed E-state index contributed by atoms with van der Waals surface area (Å²) < 4.78 is 0. The zero-order valence-corrected chi connectivity index (χ0v) is 13.6. The van der Waals surface area contributed by atoms with Gasteiger partial charge in [0.25, 0.3) is 11.8 Å². The lowest BCUT2D eigenvalue weighted by molar-refractivity contribution is -0.136. The number of fused-ring (bicyclic) bond motifs is 1. The highest BCUT2D eigenvalue weighted by atomic mass is 32.1. The van der Waals surface area contributed by atoms with Crippen molar-refractivity contribution in [1.82, 2.24) is 10.2 Å². The lowest BCUT2D eigenvalue weighted by Gasteiger charge is -2.27. The van der Waals surface area contributed by atoms with Gasteiger partial charge in [0.05, 0.1) is 17.7 Å². The van der Waals surface area contributed by atoms with Crippen LogP contribution in [0.1, 0.15) is 33.6 Å². The minimum absolute atomic E-state index is 0. The van der Waals surface area contributed by atoms with Crippen molar-refractivity contribution < 1.29 is 19.2 Å². The molecule has 0 saturated carbocycles. The van der Waals surface area contributed by atoms with Crippen molar-refractivity contribution in [1.29, 1.82) is 0 Å². The molecule has 2 aliphatic heterocycles. The number of piperidine rings is 1. The third-order valence-electron chi connectivity index (χ3n) is 3.85. The number of amides is 4. The minimum Gasteiger partial charge on any atom is -0.373 e. The molecule has 2 aliphatic rings. The molecule has 1 unspecified atom stereocenters. The maximum absolute atomic E-state index is 12.7. The number of imide groups is 2. The van der Waals surface area contributed by atoms with Crippen molar-refractivity contribution in [2.45, 2.75) is 18.9 Å². The van der Waals surface area contributed by atoms with Gasteiger partial charge in [-0.15, -0.1) is 6.42 Å². The van der Waals surface area contributed by atoms with Crippen LogP contribution in [0.2, 0.25) is 0 Å². The Morgan fingerprint density at radius 3 is 2.67 bits per heavy atom. The van der Waals surface area contributed by atoms with E-state index in [1.807, 2.05) is 0 Å². The molecule has 24 heavy (non-hydrogen) atoms. The zero-order chi connectivity index (χ0) is 16.6. The van der Waals surface area contributed by atoms with E-state index in [4.69, 9.17) is 6.42 Å². The molecule has 124 valence electrons. The van der Waals surface area contributed by atoms with E-state index in [-0.39, 0.29) is 44.0 Å². The summed E-state index contributed by atoms with van der Waals surface area (Å²) in [5.41, 5.74) is 0.882. The molecule has 1 fully saturated rings. The van der Waals surface area contributed by atoms with E-state index in [0.717, 1.165) is 4.90 Å². The second-order valence-electron chi connectivity index (χ2n) is 5.23. The van der Waals surface area contributed by atoms with Crippen LogP contribution in [0.25, 0.3) is 0 Å². The van der Waals surface area contributed by atoms with Crippen LogP contribution in [0.5, 0.6) is 0 Å². The number of hydrogen-bond donors (Lipinski definition) is 2. The van der Waals surface area contributed by atoms with Crippen molar-refractivity contribution in [3.8, 4) is 12.3 Å². The second-order valence-corrected chi connectivity index (χ2v) is 5.23. The van der Waals surface area contributed by atoms with Crippen LogP contribution in [0.4, 0.5) is 5.69 Å². The highest BCUT2D eigenvalue weighted by molar-refractivity contribution is 7.59. The van der Waals surface area contributed by atoms with Gasteiger partial charge in [-0.1, -0.05) is 12.0 Å². The normalized spacial score (nSPS) is 19.3. The molecule has 4 amide bonds. The van der Waals surface area contributed by atoms with Crippen molar-refractivity contribution in [2.24, 2.45) is 0 Å². The molecular formula is C16H15N3O4S. The fourth-order valence-electron chi connectivity index (χ4n) is 2.81. The maximum Gasteiger partial charge on any atom is 0.264 e. The van der Waals surface area contributed by atoms with Crippen LogP contribution < -0.4 is 10.6 Å². The number of hydrogen-bond acceptors (Lipinski definition) is 5. The zero-order valence-electron chi connectivity index (χ0n) is 12.6. The van der Waals surface area contributed by atoms with Crippen LogP contribution in [-0.2, 0) is 9.59 Å². The first kappa shape index (κ1) is 17.6. The Hall–Kier alpha value is -2.79. The van der Waals surface area contributed by atoms with Crippen molar-refractivity contribution in [3.63, 3.8) is 0 Å². The molecule has 1 saturated heterocycles. The number of carbonyl (C=O) groups is 4. The SMILES string of the molecule is C#CCNc1cccc2c1C(=O)N(C1CCC(=O)NC1=O)C2=O.S. The average molecular weight is 345 g/mol. The second kappa shape index (κ2) is 6.76. The van der Waals surface area contributed by atoms with Gasteiger partial charge in [0.1, 0.15) is 6.04 Å². The molecule has 1 aromatic carbocycles. The molecule has 1 aromatic rings. The van der Waals surface area contributed by atoms with Crippen molar-refractivity contribution in [2.75, 3.05) is 11.9 Å². The van der Waals surface area contributed by atoms with Gasteiger partial charge < -0.3 is 5.32 Å². The van der Waals surface area contributed by atoms with Crippen molar-refractivity contribution >= 4 is 42.8 Å². The number of nitrogens with zero attached hydrogens (tertiary/aromatic N) is 1. The summed E-state index contributed by atoms with van der Waals surface area (Å²) >= 11 is 0. The first-order valence-electron chi connectivity index (χ1n) is 7.06. The Kier molecular flexibility index (Phi) is 4.95. The van der Waals surface area contributed by atoms with Gasteiger partial charge in [-0.25, -0.2) is 0 Å². The van der Waals surface area contributed by atoms with E-state index in [1.165, 1.54) is 6.07 Å². The monoisotopic (exact) mass is 345 g/mol. The molecule has 0 bridgehead atoms. The van der Waals surface area contributed by atoms with Gasteiger partial charge in [-0.05, 0) is 18.6 Å². The molecule has 2 heterocycles. The summed E-state index contributed by atoms with van der Waals surface area (Å²) in [5.74, 6) is 0.269. The van der Waals surface area contributed by atoms with Crippen LogP contribution in [0, 0.1) is 12.3 Å². The summed E-state index contributed by atoms with van der Waals surface area (Å²) in [4.78, 5) is 49.3. The predicted octanol–water partition coefficient (Wildman–Crippen LogP) is 0.246. The topological polar surface area (TPSA) is 95.6 Å². The van der Waals surface area contributed by atoms with Gasteiger partial charge >= 0.3 is 0 Å². The molecule has 8 heteroatoms. The van der Waals surface area contributed by atoms with Crippen molar-refractivity contribution in [3.05, 3.63) is 29.3 Å². The molecule has 7 nitrogen and oxygen atoms in total. The largest absolute Gasteiger partial charge is 0.373 e. The Morgan fingerprint density at radius 1 is 1.25 bits per heavy atom. The number of benzene rings is 1. The average Bonchev–Trinajstić information content (AvgIpc) is 2.78. The van der Waals surface area contributed by atoms with Gasteiger partial charge in [0.2, 0.25) is 11.8 Å². The van der Waals surface area contributed by atoms with E-state index in [9.17, 15) is 19.2 Å². The number of terminal acetylenes is 1. The van der Waals surface area contributed by atoms with Crippen LogP contribution in [0.3, 0.4) is 0 Å². The van der Waals surface area contributed by atoms with Crippen LogP contribution in [-0.4, -0.2) is 41.1 Å². The molecule has 3 rings (SSSR count). The Balaban J connectivity index is 0.00000208. The fourth-order valence-corrected chi connectivity index (χ4v) is 2.81. The number of nitrogens with one attached hydrogen (secondary N) is 2. The summed E-state index contributed by atoms with van der Waals surface area (Å²) in [5, 5.41) is 5.05. The molecule has 0 aliphatic carbocycles. The standard InChI is InChI=1S/C16H13N3O4.H2S/c1-2-8-17-10-5-3-4-9-13(10)16(23)19(15(9)22)11-6-7-12(20)18-14(11)21;/h1,3-5,11,17H,6-8H2,(H,18,20,21);1H2. The Bertz CT molecular complexity index is 784. The van der Waals surface area contributed by atoms with Crippen LogP contribution in [0.15, 0.2) is 18.2 Å². The minimum atomic E-state index is -0.972. The lowest BCUT2D eigenvalue weighted by Crippen LogP contribution is -2.54. The van der Waals surface area contributed by atoms with Crippen LogP contribution >= 0.6 is 13.5 Å². The first-order chi connectivity index (χ1) is 11.0. The quantitative estimate of drug-likeness (QED) is 0.605. The Labute approximate surface area is 145 Å². The highest BCUT2D eigenvalue weighted by Crippen LogP contribution is 2.32. The number of carbonyl (C=O) groups excluding carboxylic acids is 4. The first-order valence-corrected chi connectivity index (χ1v) is 7.06.